The number of rotatable bonds is 7. The van der Waals surface area contributed by atoms with Crippen LogP contribution in [0.2, 0.25) is 0 Å². The van der Waals surface area contributed by atoms with Gasteiger partial charge in [0.15, 0.2) is 11.8 Å². The van der Waals surface area contributed by atoms with Crippen LogP contribution in [0.15, 0.2) is 48.7 Å². The van der Waals surface area contributed by atoms with Crippen molar-refractivity contribution in [3.63, 3.8) is 0 Å². The van der Waals surface area contributed by atoms with Crippen LogP contribution in [0.4, 0.5) is 4.79 Å². The number of carboxylic acid groups (broad SMARTS) is 1. The molecule has 1 aromatic carbocycles. The van der Waals surface area contributed by atoms with Crippen molar-refractivity contribution in [1.82, 2.24) is 15.5 Å². The Morgan fingerprint density at radius 3 is 2.65 bits per heavy atom. The minimum atomic E-state index is -1.33. The molecule has 0 saturated carbocycles. The molecule has 3 amide bonds. The number of aryl methyl sites for hydroxylation is 1. The van der Waals surface area contributed by atoms with Crippen molar-refractivity contribution in [1.29, 1.82) is 0 Å². The predicted octanol–water partition coefficient (Wildman–Crippen LogP) is 2.39. The average Bonchev–Trinajstić information content (AvgIpc) is 3.18. The molecule has 0 radical (unpaired) electrons. The number of hydrogen-bond acceptors (Lipinski definition) is 5. The van der Waals surface area contributed by atoms with Crippen LogP contribution in [0.25, 0.3) is 0 Å². The fourth-order valence-electron chi connectivity index (χ4n) is 3.21. The molecule has 2 aromatic rings. The molecule has 0 fully saturated rings. The van der Waals surface area contributed by atoms with Crippen molar-refractivity contribution in [3.05, 3.63) is 69.6 Å². The van der Waals surface area contributed by atoms with Gasteiger partial charge in [-0.3, -0.25) is 14.4 Å². The lowest BCUT2D eigenvalue weighted by atomic mass is 10.1. The van der Waals surface area contributed by atoms with Gasteiger partial charge in [0, 0.05) is 35.5 Å². The summed E-state index contributed by atoms with van der Waals surface area (Å²) >= 11 is 1.42. The topological polar surface area (TPSA) is 116 Å². The molecule has 1 aliphatic heterocycles. The fraction of sp³-hybridized carbons (Fsp3) is 0.273. The highest BCUT2D eigenvalue weighted by atomic mass is 32.1. The first-order valence-electron chi connectivity index (χ1n) is 9.65. The second-order valence-corrected chi connectivity index (χ2v) is 8.48. The molecule has 162 valence electrons. The van der Waals surface area contributed by atoms with E-state index in [0.717, 1.165) is 10.4 Å². The number of likely N-dealkylation sites (N-methyl/N-ethyl adjacent to an activating group) is 1. The predicted molar refractivity (Wildman–Crippen MR) is 116 cm³/mol. The smallest absolute Gasteiger partial charge is 0.316 e. The third-order valence-electron chi connectivity index (χ3n) is 4.95. The van der Waals surface area contributed by atoms with Gasteiger partial charge in [-0.25, -0.2) is 4.79 Å². The molecule has 3 N–H and O–H groups in total. The van der Waals surface area contributed by atoms with Crippen LogP contribution in [0.5, 0.6) is 0 Å². The Bertz CT molecular complexity index is 1050. The van der Waals surface area contributed by atoms with Crippen LogP contribution in [-0.4, -0.2) is 46.8 Å². The summed E-state index contributed by atoms with van der Waals surface area (Å²) < 4.78 is 0. The number of nitrogens with one attached hydrogen (secondary N) is 2. The highest BCUT2D eigenvalue weighted by molar-refractivity contribution is 7.12. The molecule has 0 aliphatic carbocycles. The molecular weight excluding hydrogens is 418 g/mol. The van der Waals surface area contributed by atoms with Crippen molar-refractivity contribution in [2.45, 2.75) is 31.8 Å². The summed E-state index contributed by atoms with van der Waals surface area (Å²) in [6.07, 6.45) is 2.91. The van der Waals surface area contributed by atoms with Crippen LogP contribution < -0.4 is 10.6 Å². The molecule has 3 rings (SSSR count). The van der Waals surface area contributed by atoms with Gasteiger partial charge < -0.3 is 20.6 Å². The number of carboxylic acids is 1. The Balaban J connectivity index is 1.71. The number of benzene rings is 1. The molecule has 0 saturated heterocycles. The van der Waals surface area contributed by atoms with Crippen LogP contribution in [0, 0.1) is 6.92 Å². The zero-order valence-electron chi connectivity index (χ0n) is 17.1. The van der Waals surface area contributed by atoms with Gasteiger partial charge in [-0.05, 0) is 30.2 Å². The SMILES string of the molecule is Cc1ccccc1Cc1ccc([C@H](CC(=O)O)NC(=O)NC2C(=O)C=CN(C)C2=O)s1. The van der Waals surface area contributed by atoms with E-state index >= 15 is 0 Å². The first kappa shape index (κ1) is 22.2. The van der Waals surface area contributed by atoms with Gasteiger partial charge in [-0.15, -0.1) is 11.3 Å². The third-order valence-corrected chi connectivity index (χ3v) is 6.15. The number of thiophene rings is 1. The minimum Gasteiger partial charge on any atom is -0.481 e. The van der Waals surface area contributed by atoms with E-state index in [2.05, 4.69) is 10.6 Å². The molecule has 31 heavy (non-hydrogen) atoms. The summed E-state index contributed by atoms with van der Waals surface area (Å²) in [5.41, 5.74) is 2.33. The number of hydrogen-bond donors (Lipinski definition) is 3. The minimum absolute atomic E-state index is 0.329. The van der Waals surface area contributed by atoms with E-state index in [1.54, 1.807) is 6.07 Å². The molecule has 2 atom stereocenters. The average molecular weight is 442 g/mol. The zero-order valence-corrected chi connectivity index (χ0v) is 17.9. The lowest BCUT2D eigenvalue weighted by molar-refractivity contribution is -0.138. The van der Waals surface area contributed by atoms with Crippen molar-refractivity contribution in [2.75, 3.05) is 7.05 Å². The number of nitrogens with zero attached hydrogens (tertiary/aromatic N) is 1. The fourth-order valence-corrected chi connectivity index (χ4v) is 4.30. The van der Waals surface area contributed by atoms with E-state index in [9.17, 15) is 24.3 Å². The van der Waals surface area contributed by atoms with E-state index in [1.165, 1.54) is 41.1 Å². The first-order valence-corrected chi connectivity index (χ1v) is 10.5. The second kappa shape index (κ2) is 9.57. The Hall–Kier alpha value is -3.46. The highest BCUT2D eigenvalue weighted by Gasteiger charge is 2.32. The lowest BCUT2D eigenvalue weighted by Crippen LogP contribution is -2.55. The number of carbonyl (C=O) groups is 4. The summed E-state index contributed by atoms with van der Waals surface area (Å²) in [7, 11) is 1.48. The highest BCUT2D eigenvalue weighted by Crippen LogP contribution is 2.28. The summed E-state index contributed by atoms with van der Waals surface area (Å²) in [4.78, 5) is 50.8. The van der Waals surface area contributed by atoms with Crippen molar-refractivity contribution in [2.24, 2.45) is 0 Å². The van der Waals surface area contributed by atoms with Crippen LogP contribution >= 0.6 is 11.3 Å². The van der Waals surface area contributed by atoms with Crippen molar-refractivity contribution < 1.29 is 24.3 Å². The zero-order chi connectivity index (χ0) is 22.5. The summed E-state index contributed by atoms with van der Waals surface area (Å²) in [6.45, 7) is 2.03. The summed E-state index contributed by atoms with van der Waals surface area (Å²) in [5, 5.41) is 14.2. The number of amides is 3. The molecule has 1 aliphatic rings. The second-order valence-electron chi connectivity index (χ2n) is 7.28. The molecule has 9 heteroatoms. The molecule has 0 spiro atoms. The van der Waals surface area contributed by atoms with Gasteiger partial charge in [0.25, 0.3) is 5.91 Å². The van der Waals surface area contributed by atoms with Crippen LogP contribution in [0.3, 0.4) is 0 Å². The molecule has 0 bridgehead atoms. The van der Waals surface area contributed by atoms with E-state index in [0.29, 0.717) is 11.3 Å². The Labute approximate surface area is 183 Å². The van der Waals surface area contributed by atoms with Gasteiger partial charge in [0.1, 0.15) is 0 Å². The third kappa shape index (κ3) is 5.58. The van der Waals surface area contributed by atoms with Gasteiger partial charge in [-0.2, -0.15) is 0 Å². The van der Waals surface area contributed by atoms with Gasteiger partial charge in [0.2, 0.25) is 0 Å². The monoisotopic (exact) mass is 441 g/mol. The maximum absolute atomic E-state index is 12.5. The quantitative estimate of drug-likeness (QED) is 0.571. The van der Waals surface area contributed by atoms with Gasteiger partial charge in [0.05, 0.1) is 12.5 Å². The van der Waals surface area contributed by atoms with Gasteiger partial charge in [-0.1, -0.05) is 24.3 Å². The Kier molecular flexibility index (Phi) is 6.86. The maximum atomic E-state index is 12.5. The number of aliphatic carboxylic acids is 1. The van der Waals surface area contributed by atoms with E-state index in [-0.39, 0.29) is 6.42 Å². The summed E-state index contributed by atoms with van der Waals surface area (Å²) in [5.74, 6) is -2.18. The van der Waals surface area contributed by atoms with Crippen LogP contribution in [-0.2, 0) is 20.8 Å². The number of ketones is 1. The largest absolute Gasteiger partial charge is 0.481 e. The number of carbonyl (C=O) groups excluding carboxylic acids is 3. The van der Waals surface area contributed by atoms with Crippen LogP contribution in [0.1, 0.15) is 33.3 Å². The molecule has 1 aromatic heterocycles. The Morgan fingerprint density at radius 1 is 1.19 bits per heavy atom. The molecule has 1 unspecified atom stereocenters. The Morgan fingerprint density at radius 2 is 1.94 bits per heavy atom. The molecule has 8 nitrogen and oxygen atoms in total. The van der Waals surface area contributed by atoms with E-state index in [4.69, 9.17) is 0 Å². The van der Waals surface area contributed by atoms with Gasteiger partial charge >= 0.3 is 12.0 Å². The maximum Gasteiger partial charge on any atom is 0.316 e. The van der Waals surface area contributed by atoms with Crippen molar-refractivity contribution >= 4 is 35.0 Å². The standard InChI is InChI=1S/C22H23N3O5S/c1-13-5-3-4-6-14(13)11-15-7-8-18(31-15)16(12-19(27)28)23-22(30)24-20-17(26)9-10-25(2)21(20)29/h3-10,16,20H,11-12H2,1-2H3,(H,27,28)(H2,23,24,30)/t16-,20?/m0/s1. The molecular formula is C22H23N3O5S. The lowest BCUT2D eigenvalue weighted by Gasteiger charge is -2.25. The number of urea groups is 1. The van der Waals surface area contributed by atoms with E-state index < -0.39 is 35.8 Å². The molecule has 2 heterocycles. The first-order chi connectivity index (χ1) is 14.7. The van der Waals surface area contributed by atoms with Crippen molar-refractivity contribution in [3.8, 4) is 0 Å². The normalized spacial score (nSPS) is 16.8. The summed E-state index contributed by atoms with van der Waals surface area (Å²) in [6, 6.07) is 8.80. The van der Waals surface area contributed by atoms with E-state index in [1.807, 2.05) is 37.3 Å².